The molecule has 8 aromatic rings. The summed E-state index contributed by atoms with van der Waals surface area (Å²) in [6.45, 7) is 0. The first-order chi connectivity index (χ1) is 20.3. The van der Waals surface area contributed by atoms with Crippen LogP contribution < -0.4 is 0 Å². The van der Waals surface area contributed by atoms with E-state index in [1.807, 2.05) is 24.4 Å². The molecule has 2 aromatic heterocycles. The van der Waals surface area contributed by atoms with Crippen LogP contribution in [0.5, 0.6) is 0 Å². The Morgan fingerprint density at radius 1 is 0.366 bits per heavy atom. The first-order valence-electron chi connectivity index (χ1n) is 13.9. The van der Waals surface area contributed by atoms with Crippen LogP contribution in [0.25, 0.3) is 77.3 Å². The largest absolute Gasteiger partial charge is 0.456 e. The van der Waals surface area contributed by atoms with Crippen LogP contribution in [-0.4, -0.2) is 4.98 Å². The van der Waals surface area contributed by atoms with Gasteiger partial charge in [0.15, 0.2) is 0 Å². The maximum atomic E-state index is 6.00. The number of fused-ring (bicyclic) bond motifs is 4. The van der Waals surface area contributed by atoms with Crippen molar-refractivity contribution in [3.8, 4) is 44.5 Å². The summed E-state index contributed by atoms with van der Waals surface area (Å²) in [4.78, 5) is 4.84. The van der Waals surface area contributed by atoms with E-state index in [9.17, 15) is 0 Å². The van der Waals surface area contributed by atoms with Gasteiger partial charge in [-0.05, 0) is 69.3 Å². The van der Waals surface area contributed by atoms with Gasteiger partial charge in [-0.15, -0.1) is 0 Å². The number of aromatic nitrogens is 1. The zero-order chi connectivity index (χ0) is 27.2. The molecule has 0 spiro atoms. The third-order valence-electron chi connectivity index (χ3n) is 7.94. The highest BCUT2D eigenvalue weighted by molar-refractivity contribution is 6.06. The molecule has 192 valence electrons. The van der Waals surface area contributed by atoms with E-state index in [1.165, 1.54) is 33.4 Å². The molecule has 0 saturated carbocycles. The molecule has 2 nitrogen and oxygen atoms in total. The van der Waals surface area contributed by atoms with E-state index in [0.717, 1.165) is 44.0 Å². The fourth-order valence-electron chi connectivity index (χ4n) is 5.71. The highest BCUT2D eigenvalue weighted by Crippen LogP contribution is 2.34. The Labute approximate surface area is 238 Å². The molecule has 2 heterocycles. The molecule has 8 rings (SSSR count). The summed E-state index contributed by atoms with van der Waals surface area (Å²) in [5, 5.41) is 3.43. The summed E-state index contributed by atoms with van der Waals surface area (Å²) < 4.78 is 6.00. The van der Waals surface area contributed by atoms with Gasteiger partial charge in [-0.3, -0.25) is 4.98 Å². The predicted molar refractivity (Wildman–Crippen MR) is 171 cm³/mol. The zero-order valence-corrected chi connectivity index (χ0v) is 22.3. The molecule has 0 saturated heterocycles. The Kier molecular flexibility index (Phi) is 5.49. The molecule has 0 aliphatic heterocycles. The minimum atomic E-state index is 0.918. The molecule has 0 fully saturated rings. The summed E-state index contributed by atoms with van der Waals surface area (Å²) in [6, 6.07) is 51.3. The van der Waals surface area contributed by atoms with Gasteiger partial charge in [-0.1, -0.05) is 115 Å². The van der Waals surface area contributed by atoms with Crippen molar-refractivity contribution in [3.05, 3.63) is 152 Å². The van der Waals surface area contributed by atoms with Crippen molar-refractivity contribution < 1.29 is 4.42 Å². The summed E-state index contributed by atoms with van der Waals surface area (Å²) in [5.74, 6) is 0. The van der Waals surface area contributed by atoms with Gasteiger partial charge in [0.1, 0.15) is 11.2 Å². The molecule has 0 amide bonds. The Balaban J connectivity index is 1.06. The summed E-state index contributed by atoms with van der Waals surface area (Å²) >= 11 is 0. The number of rotatable bonds is 4. The van der Waals surface area contributed by atoms with E-state index in [-0.39, 0.29) is 0 Å². The molecular weight excluding hydrogens is 498 g/mol. The van der Waals surface area contributed by atoms with Crippen LogP contribution in [-0.2, 0) is 0 Å². The standard InChI is InChI=1S/C39H25NO/c1-2-6-26(7-3-1)27-10-12-29(13-11-27)32-18-19-33-22-34(25-40-37(33)24-32)30-16-14-28(15-17-30)31-20-21-39-36(23-31)35-8-4-5-9-38(35)41-39/h1-25H. The van der Waals surface area contributed by atoms with Crippen LogP contribution in [0.4, 0.5) is 0 Å². The second-order valence-electron chi connectivity index (χ2n) is 10.5. The molecule has 2 heteroatoms. The summed E-state index contributed by atoms with van der Waals surface area (Å²) in [6.07, 6.45) is 1.98. The van der Waals surface area contributed by atoms with E-state index in [4.69, 9.17) is 9.40 Å². The van der Waals surface area contributed by atoms with Gasteiger partial charge in [0.2, 0.25) is 0 Å². The molecule has 0 N–H and O–H groups in total. The fourth-order valence-corrected chi connectivity index (χ4v) is 5.71. The van der Waals surface area contributed by atoms with E-state index >= 15 is 0 Å². The molecule has 41 heavy (non-hydrogen) atoms. The third kappa shape index (κ3) is 4.27. The lowest BCUT2D eigenvalue weighted by atomic mass is 9.98. The topological polar surface area (TPSA) is 26.0 Å². The van der Waals surface area contributed by atoms with Crippen molar-refractivity contribution in [2.45, 2.75) is 0 Å². The minimum Gasteiger partial charge on any atom is -0.456 e. The lowest BCUT2D eigenvalue weighted by Crippen LogP contribution is -1.86. The van der Waals surface area contributed by atoms with Crippen molar-refractivity contribution in [1.29, 1.82) is 0 Å². The average Bonchev–Trinajstić information content (AvgIpc) is 3.43. The molecule has 0 aliphatic rings. The molecular formula is C39H25NO. The Bertz CT molecular complexity index is 2170. The van der Waals surface area contributed by atoms with Gasteiger partial charge < -0.3 is 4.42 Å². The zero-order valence-electron chi connectivity index (χ0n) is 22.3. The third-order valence-corrected chi connectivity index (χ3v) is 7.94. The molecule has 0 bridgehead atoms. The fraction of sp³-hybridized carbons (Fsp3) is 0. The quantitative estimate of drug-likeness (QED) is 0.229. The minimum absolute atomic E-state index is 0.918. The van der Waals surface area contributed by atoms with Gasteiger partial charge in [-0.25, -0.2) is 0 Å². The Morgan fingerprint density at radius 2 is 0.902 bits per heavy atom. The van der Waals surface area contributed by atoms with Crippen molar-refractivity contribution in [2.24, 2.45) is 0 Å². The van der Waals surface area contributed by atoms with Crippen LogP contribution in [0.2, 0.25) is 0 Å². The lowest BCUT2D eigenvalue weighted by Gasteiger charge is -2.08. The van der Waals surface area contributed by atoms with Crippen molar-refractivity contribution in [3.63, 3.8) is 0 Å². The lowest BCUT2D eigenvalue weighted by molar-refractivity contribution is 0.669. The number of nitrogens with zero attached hydrogens (tertiary/aromatic N) is 1. The van der Waals surface area contributed by atoms with Crippen LogP contribution in [0.3, 0.4) is 0 Å². The number of hydrogen-bond acceptors (Lipinski definition) is 2. The molecule has 0 unspecified atom stereocenters. The SMILES string of the molecule is c1ccc(-c2ccc(-c3ccc4cc(-c5ccc(-c6ccc7oc8ccccc8c7c6)cc5)cnc4c3)cc2)cc1. The van der Waals surface area contributed by atoms with Gasteiger partial charge in [0, 0.05) is 27.9 Å². The second-order valence-corrected chi connectivity index (χ2v) is 10.5. The first-order valence-corrected chi connectivity index (χ1v) is 13.9. The average molecular weight is 524 g/mol. The van der Waals surface area contributed by atoms with Gasteiger partial charge in [0.25, 0.3) is 0 Å². The summed E-state index contributed by atoms with van der Waals surface area (Å²) in [5.41, 5.74) is 12.3. The van der Waals surface area contributed by atoms with E-state index < -0.39 is 0 Å². The number of furan rings is 1. The van der Waals surface area contributed by atoms with E-state index in [2.05, 4.69) is 127 Å². The van der Waals surface area contributed by atoms with Crippen molar-refractivity contribution in [2.75, 3.05) is 0 Å². The maximum Gasteiger partial charge on any atom is 0.135 e. The number of benzene rings is 6. The number of para-hydroxylation sites is 1. The smallest absolute Gasteiger partial charge is 0.135 e. The van der Waals surface area contributed by atoms with E-state index in [1.54, 1.807) is 0 Å². The van der Waals surface area contributed by atoms with Crippen LogP contribution >= 0.6 is 0 Å². The highest BCUT2D eigenvalue weighted by atomic mass is 16.3. The van der Waals surface area contributed by atoms with Crippen LogP contribution in [0, 0.1) is 0 Å². The maximum absolute atomic E-state index is 6.00. The van der Waals surface area contributed by atoms with Crippen molar-refractivity contribution in [1.82, 2.24) is 4.98 Å². The van der Waals surface area contributed by atoms with Crippen molar-refractivity contribution >= 4 is 32.8 Å². The Morgan fingerprint density at radius 3 is 1.66 bits per heavy atom. The van der Waals surface area contributed by atoms with Crippen LogP contribution in [0.15, 0.2) is 156 Å². The molecule has 0 atom stereocenters. The second kappa shape index (κ2) is 9.62. The monoisotopic (exact) mass is 523 g/mol. The molecule has 0 radical (unpaired) electrons. The molecule has 0 aliphatic carbocycles. The number of pyridine rings is 1. The first kappa shape index (κ1) is 23.4. The van der Waals surface area contributed by atoms with E-state index in [0.29, 0.717) is 0 Å². The van der Waals surface area contributed by atoms with Gasteiger partial charge >= 0.3 is 0 Å². The van der Waals surface area contributed by atoms with Gasteiger partial charge in [-0.2, -0.15) is 0 Å². The summed E-state index contributed by atoms with van der Waals surface area (Å²) in [7, 11) is 0. The predicted octanol–water partition coefficient (Wildman–Crippen LogP) is 10.8. The highest BCUT2D eigenvalue weighted by Gasteiger charge is 2.09. The molecule has 6 aromatic carbocycles. The Hall–Kier alpha value is -5.47. The normalized spacial score (nSPS) is 11.4. The van der Waals surface area contributed by atoms with Gasteiger partial charge in [0.05, 0.1) is 5.52 Å². The van der Waals surface area contributed by atoms with Crippen LogP contribution in [0.1, 0.15) is 0 Å². The number of hydrogen-bond donors (Lipinski definition) is 0.